The van der Waals surface area contributed by atoms with Crippen LogP contribution in [0, 0.1) is 6.92 Å². The number of halogens is 3. The second-order valence-electron chi connectivity index (χ2n) is 6.65. The van der Waals surface area contributed by atoms with E-state index >= 15 is 0 Å². The number of benzene rings is 1. The minimum Gasteiger partial charge on any atom is -0.360 e. The number of aryl methyl sites for hydroxylation is 1. The van der Waals surface area contributed by atoms with E-state index in [0.29, 0.717) is 32.6 Å². The van der Waals surface area contributed by atoms with Gasteiger partial charge in [0, 0.05) is 24.2 Å². The Labute approximate surface area is 168 Å². The number of aromatic nitrogens is 1. The van der Waals surface area contributed by atoms with Crippen LogP contribution in [0.15, 0.2) is 22.7 Å². The van der Waals surface area contributed by atoms with Crippen LogP contribution in [0.3, 0.4) is 0 Å². The van der Waals surface area contributed by atoms with E-state index in [1.54, 1.807) is 25.1 Å². The Balaban J connectivity index is 0.00000196. The minimum atomic E-state index is -0.0408. The van der Waals surface area contributed by atoms with E-state index in [1.165, 1.54) is 0 Å². The molecule has 1 aromatic heterocycles. The summed E-state index contributed by atoms with van der Waals surface area (Å²) in [5, 5.41) is 8.43. The normalized spacial score (nSPS) is 22.0. The molecule has 2 bridgehead atoms. The fourth-order valence-corrected chi connectivity index (χ4v) is 4.54. The molecule has 0 aliphatic carbocycles. The van der Waals surface area contributed by atoms with Crippen LogP contribution in [0.25, 0.3) is 11.3 Å². The molecule has 0 radical (unpaired) electrons. The Kier molecular flexibility index (Phi) is 5.82. The van der Waals surface area contributed by atoms with Gasteiger partial charge >= 0.3 is 0 Å². The van der Waals surface area contributed by atoms with E-state index in [-0.39, 0.29) is 30.4 Å². The van der Waals surface area contributed by atoms with Crippen LogP contribution in [0.5, 0.6) is 0 Å². The van der Waals surface area contributed by atoms with Gasteiger partial charge in [-0.05, 0) is 44.9 Å². The smallest absolute Gasteiger partial charge is 0.260 e. The molecule has 2 atom stereocenters. The zero-order valence-electron chi connectivity index (χ0n) is 14.3. The molecule has 26 heavy (non-hydrogen) atoms. The number of amides is 1. The molecule has 1 aromatic carbocycles. The van der Waals surface area contributed by atoms with Crippen molar-refractivity contribution >= 4 is 41.5 Å². The van der Waals surface area contributed by atoms with Crippen LogP contribution in [-0.2, 0) is 0 Å². The van der Waals surface area contributed by atoms with Crippen molar-refractivity contribution in [3.63, 3.8) is 0 Å². The molecule has 2 unspecified atom stereocenters. The van der Waals surface area contributed by atoms with Gasteiger partial charge in [0.05, 0.1) is 10.0 Å². The summed E-state index contributed by atoms with van der Waals surface area (Å²) in [5.74, 6) is 0.452. The molecule has 3 heterocycles. The van der Waals surface area contributed by atoms with Crippen LogP contribution in [0.1, 0.15) is 35.4 Å². The Morgan fingerprint density at radius 2 is 1.92 bits per heavy atom. The summed E-state index contributed by atoms with van der Waals surface area (Å²) in [4.78, 5) is 15.4. The van der Waals surface area contributed by atoms with Crippen LogP contribution >= 0.6 is 35.6 Å². The maximum Gasteiger partial charge on any atom is 0.260 e. The third-order valence-corrected chi connectivity index (χ3v) is 5.79. The predicted molar refractivity (Wildman–Crippen MR) is 104 cm³/mol. The number of rotatable bonds is 2. The van der Waals surface area contributed by atoms with Crippen LogP contribution in [0.2, 0.25) is 10.0 Å². The number of carbonyl (C=O) groups excluding carboxylic acids is 1. The van der Waals surface area contributed by atoms with Crippen LogP contribution in [-0.4, -0.2) is 41.1 Å². The molecule has 2 aromatic rings. The third kappa shape index (κ3) is 3.22. The summed E-state index contributed by atoms with van der Waals surface area (Å²) < 4.78 is 5.36. The molecule has 5 nitrogen and oxygen atoms in total. The molecule has 1 amide bonds. The molecule has 8 heteroatoms. The molecule has 140 valence electrons. The minimum absolute atomic E-state index is 0. The maximum atomic E-state index is 13.4. The van der Waals surface area contributed by atoms with Crippen molar-refractivity contribution in [2.45, 2.75) is 38.3 Å². The first-order chi connectivity index (χ1) is 12.1. The second-order valence-corrected chi connectivity index (χ2v) is 7.46. The second kappa shape index (κ2) is 7.77. The van der Waals surface area contributed by atoms with Crippen molar-refractivity contribution in [3.8, 4) is 11.3 Å². The molecule has 0 spiro atoms. The van der Waals surface area contributed by atoms with E-state index in [2.05, 4.69) is 10.5 Å². The average molecular weight is 417 g/mol. The van der Waals surface area contributed by atoms with Gasteiger partial charge in [-0.3, -0.25) is 4.79 Å². The van der Waals surface area contributed by atoms with Crippen LogP contribution in [0.4, 0.5) is 0 Å². The molecular weight excluding hydrogens is 397 g/mol. The molecule has 0 saturated carbocycles. The highest BCUT2D eigenvalue weighted by atomic mass is 35.5. The number of fused-ring (bicyclic) bond motifs is 2. The SMILES string of the molecule is Cc1onc(-c2c(Cl)cccc2Cl)c1C(=O)N1C2CCNCC1CC2.Cl. The fourth-order valence-electron chi connectivity index (χ4n) is 3.96. The highest BCUT2D eigenvalue weighted by Crippen LogP contribution is 2.39. The monoisotopic (exact) mass is 415 g/mol. The summed E-state index contributed by atoms with van der Waals surface area (Å²) in [5.41, 5.74) is 1.44. The van der Waals surface area contributed by atoms with Gasteiger partial charge in [0.1, 0.15) is 17.0 Å². The Morgan fingerprint density at radius 3 is 2.65 bits per heavy atom. The number of nitrogens with zero attached hydrogens (tertiary/aromatic N) is 2. The van der Waals surface area contributed by atoms with Crippen LogP contribution < -0.4 is 5.32 Å². The highest BCUT2D eigenvalue weighted by Gasteiger charge is 2.40. The van der Waals surface area contributed by atoms with Gasteiger partial charge in [-0.2, -0.15) is 0 Å². The van der Waals surface area contributed by atoms with Crippen molar-refractivity contribution in [1.29, 1.82) is 0 Å². The zero-order chi connectivity index (χ0) is 17.6. The zero-order valence-corrected chi connectivity index (χ0v) is 16.6. The predicted octanol–water partition coefficient (Wildman–Crippen LogP) is 4.35. The molecule has 2 saturated heterocycles. The van der Waals surface area contributed by atoms with E-state index in [1.807, 2.05) is 4.90 Å². The van der Waals surface area contributed by atoms with Gasteiger partial charge < -0.3 is 14.7 Å². The first-order valence-electron chi connectivity index (χ1n) is 8.52. The molecular formula is C18H20Cl3N3O2. The molecule has 2 fully saturated rings. The van der Waals surface area contributed by atoms with Crippen molar-refractivity contribution < 1.29 is 9.32 Å². The van der Waals surface area contributed by atoms with E-state index in [0.717, 1.165) is 32.4 Å². The summed E-state index contributed by atoms with van der Waals surface area (Å²) in [6, 6.07) is 5.71. The number of carbonyl (C=O) groups is 1. The van der Waals surface area contributed by atoms with E-state index in [9.17, 15) is 4.79 Å². The summed E-state index contributed by atoms with van der Waals surface area (Å²) in [7, 11) is 0. The topological polar surface area (TPSA) is 58.4 Å². The Hall–Kier alpha value is -1.27. The summed E-state index contributed by atoms with van der Waals surface area (Å²) >= 11 is 12.7. The van der Waals surface area contributed by atoms with Gasteiger partial charge in [-0.1, -0.05) is 34.4 Å². The molecule has 4 rings (SSSR count). The number of hydrogen-bond acceptors (Lipinski definition) is 4. The van der Waals surface area contributed by atoms with E-state index < -0.39 is 0 Å². The largest absolute Gasteiger partial charge is 0.360 e. The molecule has 1 N–H and O–H groups in total. The lowest BCUT2D eigenvalue weighted by Crippen LogP contribution is -2.42. The third-order valence-electron chi connectivity index (χ3n) is 5.16. The molecule has 2 aliphatic rings. The Bertz CT molecular complexity index is 790. The Morgan fingerprint density at radius 1 is 1.23 bits per heavy atom. The van der Waals surface area contributed by atoms with Crippen molar-refractivity contribution in [1.82, 2.24) is 15.4 Å². The van der Waals surface area contributed by atoms with Crippen molar-refractivity contribution in [2.24, 2.45) is 0 Å². The van der Waals surface area contributed by atoms with Gasteiger partial charge in [0.2, 0.25) is 0 Å². The number of hydrogen-bond donors (Lipinski definition) is 1. The summed E-state index contributed by atoms with van der Waals surface area (Å²) in [6.45, 7) is 3.53. The van der Waals surface area contributed by atoms with Crippen molar-refractivity contribution in [2.75, 3.05) is 13.1 Å². The lowest BCUT2D eigenvalue weighted by Gasteiger charge is -2.28. The van der Waals surface area contributed by atoms with Gasteiger partial charge in [0.25, 0.3) is 5.91 Å². The average Bonchev–Trinajstić information content (AvgIpc) is 3.05. The summed E-state index contributed by atoms with van der Waals surface area (Å²) in [6.07, 6.45) is 3.04. The standard InChI is InChI=1S/C18H19Cl2N3O2.ClH/c1-10-15(17(22-25-10)16-13(19)3-2-4-14(16)20)18(24)23-11-5-6-12(23)9-21-8-7-11;/h2-4,11-12,21H,5-9H2,1H3;1H. The highest BCUT2D eigenvalue weighted by molar-refractivity contribution is 6.39. The quantitative estimate of drug-likeness (QED) is 0.791. The van der Waals surface area contributed by atoms with Gasteiger partial charge in [-0.15, -0.1) is 12.4 Å². The van der Waals surface area contributed by atoms with Gasteiger partial charge in [-0.25, -0.2) is 0 Å². The van der Waals surface area contributed by atoms with Gasteiger partial charge in [0.15, 0.2) is 0 Å². The lowest BCUT2D eigenvalue weighted by molar-refractivity contribution is 0.0679. The fraction of sp³-hybridized carbons (Fsp3) is 0.444. The lowest BCUT2D eigenvalue weighted by atomic mass is 10.0. The maximum absolute atomic E-state index is 13.4. The number of nitrogens with one attached hydrogen (secondary N) is 1. The van der Waals surface area contributed by atoms with E-state index in [4.69, 9.17) is 27.7 Å². The first kappa shape index (κ1) is 19.5. The first-order valence-corrected chi connectivity index (χ1v) is 9.27. The van der Waals surface area contributed by atoms with Crippen molar-refractivity contribution in [3.05, 3.63) is 39.6 Å². The molecule has 2 aliphatic heterocycles.